The normalized spacial score (nSPS) is 12.2. The number of carbonyl (C=O) groups is 2. The molecule has 1 rings (SSSR count). The minimum absolute atomic E-state index is 0.158. The largest absolute Gasteiger partial charge is 0.341 e. The molecule has 0 saturated heterocycles. The first-order valence-electron chi connectivity index (χ1n) is 5.29. The maximum Gasteiger partial charge on any atom is 0.321 e. The summed E-state index contributed by atoms with van der Waals surface area (Å²) in [5.74, 6) is -0.310. The third-order valence-corrected chi connectivity index (χ3v) is 3.53. The number of nitrogens with zero attached hydrogens (tertiary/aromatic N) is 1. The van der Waals surface area contributed by atoms with E-state index in [9.17, 15) is 9.59 Å². The van der Waals surface area contributed by atoms with Crippen LogP contribution in [0, 0.1) is 0 Å². The van der Waals surface area contributed by atoms with Crippen LogP contribution in [0.4, 0.5) is 4.79 Å². The molecule has 5 nitrogen and oxygen atoms in total. The summed E-state index contributed by atoms with van der Waals surface area (Å²) in [6, 6.07) is 3.69. The van der Waals surface area contributed by atoms with Crippen LogP contribution in [-0.4, -0.2) is 37.5 Å². The van der Waals surface area contributed by atoms with Crippen molar-refractivity contribution in [2.75, 3.05) is 20.6 Å². The van der Waals surface area contributed by atoms with Crippen molar-refractivity contribution in [2.24, 2.45) is 0 Å². The highest BCUT2D eigenvalue weighted by Crippen LogP contribution is 2.22. The number of rotatable bonds is 4. The van der Waals surface area contributed by atoms with Crippen LogP contribution >= 0.6 is 11.3 Å². The molecule has 1 heterocycles. The van der Waals surface area contributed by atoms with E-state index in [-0.39, 0.29) is 18.5 Å². The molecule has 0 radical (unpaired) electrons. The molecule has 0 saturated carbocycles. The highest BCUT2D eigenvalue weighted by molar-refractivity contribution is 7.10. The summed E-state index contributed by atoms with van der Waals surface area (Å²) in [5.41, 5.74) is 0. The van der Waals surface area contributed by atoms with E-state index in [0.29, 0.717) is 0 Å². The van der Waals surface area contributed by atoms with E-state index in [1.54, 1.807) is 11.3 Å². The van der Waals surface area contributed by atoms with Crippen molar-refractivity contribution in [3.63, 3.8) is 0 Å². The maximum absolute atomic E-state index is 11.5. The molecule has 0 aliphatic carbocycles. The van der Waals surface area contributed by atoms with E-state index in [4.69, 9.17) is 0 Å². The van der Waals surface area contributed by atoms with Gasteiger partial charge in [0, 0.05) is 18.0 Å². The summed E-state index contributed by atoms with van der Waals surface area (Å²) in [7, 11) is 3.33. The Morgan fingerprint density at radius 1 is 1.53 bits per heavy atom. The van der Waals surface area contributed by atoms with Crippen LogP contribution in [0.1, 0.15) is 17.8 Å². The number of hydrogen-bond donors (Lipinski definition) is 2. The first-order valence-corrected chi connectivity index (χ1v) is 6.17. The molecule has 6 heteroatoms. The molecule has 1 aromatic heterocycles. The van der Waals surface area contributed by atoms with Gasteiger partial charge in [-0.25, -0.2) is 4.79 Å². The molecular weight excluding hydrogens is 238 g/mol. The van der Waals surface area contributed by atoms with Crippen molar-refractivity contribution in [3.8, 4) is 0 Å². The van der Waals surface area contributed by atoms with Crippen molar-refractivity contribution in [1.82, 2.24) is 15.5 Å². The number of carbonyl (C=O) groups excluding carboxylic acids is 2. The molecule has 0 fully saturated rings. The quantitative estimate of drug-likeness (QED) is 0.849. The van der Waals surface area contributed by atoms with Crippen molar-refractivity contribution in [2.45, 2.75) is 13.0 Å². The van der Waals surface area contributed by atoms with E-state index in [0.717, 1.165) is 0 Å². The van der Waals surface area contributed by atoms with Crippen molar-refractivity contribution >= 4 is 23.3 Å². The van der Waals surface area contributed by atoms with Gasteiger partial charge in [0.1, 0.15) is 0 Å². The van der Waals surface area contributed by atoms with Gasteiger partial charge in [-0.3, -0.25) is 15.0 Å². The number of thiophene rings is 1. The van der Waals surface area contributed by atoms with Gasteiger partial charge in [-0.15, -0.1) is 11.3 Å². The Morgan fingerprint density at radius 2 is 2.24 bits per heavy atom. The third kappa shape index (κ3) is 4.16. The van der Waals surface area contributed by atoms with Crippen LogP contribution in [0.5, 0.6) is 0 Å². The molecule has 1 unspecified atom stereocenters. The second kappa shape index (κ2) is 6.36. The van der Waals surface area contributed by atoms with Crippen molar-refractivity contribution < 1.29 is 9.59 Å². The van der Waals surface area contributed by atoms with E-state index in [1.165, 1.54) is 11.9 Å². The van der Waals surface area contributed by atoms with Gasteiger partial charge in [0.05, 0.1) is 6.54 Å². The van der Waals surface area contributed by atoms with E-state index < -0.39 is 6.03 Å². The number of imide groups is 1. The molecule has 0 aliphatic heterocycles. The van der Waals surface area contributed by atoms with Gasteiger partial charge >= 0.3 is 6.03 Å². The van der Waals surface area contributed by atoms with Crippen LogP contribution in [-0.2, 0) is 4.79 Å². The van der Waals surface area contributed by atoms with Gasteiger partial charge in [0.15, 0.2) is 0 Å². The summed E-state index contributed by atoms with van der Waals surface area (Å²) in [6.07, 6.45) is 0. The lowest BCUT2D eigenvalue weighted by atomic mass is 10.2. The number of hydrogen-bond acceptors (Lipinski definition) is 4. The average Bonchev–Trinajstić information content (AvgIpc) is 2.80. The second-order valence-corrected chi connectivity index (χ2v) is 4.71. The lowest BCUT2D eigenvalue weighted by Crippen LogP contribution is -2.42. The minimum Gasteiger partial charge on any atom is -0.341 e. The third-order valence-electron chi connectivity index (χ3n) is 2.49. The number of urea groups is 1. The van der Waals surface area contributed by atoms with Crippen LogP contribution < -0.4 is 10.6 Å². The lowest BCUT2D eigenvalue weighted by Gasteiger charge is -2.22. The van der Waals surface area contributed by atoms with Gasteiger partial charge in [0.25, 0.3) is 0 Å². The zero-order chi connectivity index (χ0) is 12.8. The van der Waals surface area contributed by atoms with Crippen LogP contribution in [0.15, 0.2) is 17.5 Å². The lowest BCUT2D eigenvalue weighted by molar-refractivity contribution is -0.121. The highest BCUT2D eigenvalue weighted by Gasteiger charge is 2.16. The minimum atomic E-state index is -0.479. The Balaban J connectivity index is 2.46. The van der Waals surface area contributed by atoms with Crippen molar-refractivity contribution in [3.05, 3.63) is 22.4 Å². The molecule has 2 N–H and O–H groups in total. The molecule has 94 valence electrons. The smallest absolute Gasteiger partial charge is 0.321 e. The zero-order valence-electron chi connectivity index (χ0n) is 10.2. The Hall–Kier alpha value is -1.40. The molecule has 0 aliphatic rings. The molecule has 17 heavy (non-hydrogen) atoms. The summed E-state index contributed by atoms with van der Waals surface area (Å²) in [6.45, 7) is 2.21. The van der Waals surface area contributed by atoms with Crippen LogP contribution in [0.3, 0.4) is 0 Å². The summed E-state index contributed by atoms with van der Waals surface area (Å²) < 4.78 is 0. The van der Waals surface area contributed by atoms with Gasteiger partial charge in [-0.1, -0.05) is 6.07 Å². The predicted octanol–water partition coefficient (Wildman–Crippen LogP) is 1.20. The Kier molecular flexibility index (Phi) is 5.11. The summed E-state index contributed by atoms with van der Waals surface area (Å²) >= 11 is 1.65. The monoisotopic (exact) mass is 255 g/mol. The van der Waals surface area contributed by atoms with Crippen molar-refractivity contribution in [1.29, 1.82) is 0 Å². The van der Waals surface area contributed by atoms with Gasteiger partial charge < -0.3 is 5.32 Å². The van der Waals surface area contributed by atoms with Gasteiger partial charge in [0.2, 0.25) is 5.91 Å². The average molecular weight is 255 g/mol. The molecule has 0 spiro atoms. The predicted molar refractivity (Wildman–Crippen MR) is 68.0 cm³/mol. The highest BCUT2D eigenvalue weighted by atomic mass is 32.1. The Bertz CT molecular complexity index is 378. The first-order chi connectivity index (χ1) is 8.04. The summed E-state index contributed by atoms with van der Waals surface area (Å²) in [4.78, 5) is 25.5. The second-order valence-electron chi connectivity index (χ2n) is 3.73. The Labute approximate surface area is 105 Å². The molecule has 0 aromatic carbocycles. The van der Waals surface area contributed by atoms with Crippen LogP contribution in [0.2, 0.25) is 0 Å². The van der Waals surface area contributed by atoms with Crippen LogP contribution in [0.25, 0.3) is 0 Å². The molecule has 0 bridgehead atoms. The number of amides is 3. The zero-order valence-corrected chi connectivity index (χ0v) is 11.0. The van der Waals surface area contributed by atoms with Gasteiger partial charge in [-0.2, -0.15) is 0 Å². The molecule has 1 atom stereocenters. The van der Waals surface area contributed by atoms with E-state index in [2.05, 4.69) is 10.6 Å². The van der Waals surface area contributed by atoms with E-state index >= 15 is 0 Å². The fourth-order valence-electron chi connectivity index (χ4n) is 1.34. The van der Waals surface area contributed by atoms with E-state index in [1.807, 2.05) is 36.4 Å². The molecular formula is C11H17N3O2S. The fraction of sp³-hybridized carbons (Fsp3) is 0.455. The summed E-state index contributed by atoms with van der Waals surface area (Å²) in [5, 5.41) is 6.58. The van der Waals surface area contributed by atoms with Gasteiger partial charge in [-0.05, 0) is 25.4 Å². The number of likely N-dealkylation sites (N-methyl/N-ethyl adjacent to an activating group) is 1. The topological polar surface area (TPSA) is 61.4 Å². The first kappa shape index (κ1) is 13.7. The fourth-order valence-corrected chi connectivity index (χ4v) is 2.19. The molecule has 1 aromatic rings. The molecule has 3 amide bonds. The maximum atomic E-state index is 11.5. The SMILES string of the molecule is CNC(=O)NC(=O)CN(C)C(C)c1cccs1. The number of nitrogens with one attached hydrogen (secondary N) is 2. The standard InChI is InChI=1S/C11H17N3O2S/c1-8(9-5-4-6-17-9)14(3)7-10(15)13-11(16)12-2/h4-6,8H,7H2,1-3H3,(H2,12,13,15,16). The Morgan fingerprint density at radius 3 is 2.76 bits per heavy atom.